The standard InChI is InChI=1S/C10H20O2/c1-7(2)10(12-11,8(3)4)9(5)6/h8-9,11H,1H2,2-6H3. The summed E-state index contributed by atoms with van der Waals surface area (Å²) in [6, 6.07) is 0. The zero-order chi connectivity index (χ0) is 9.94. The van der Waals surface area contributed by atoms with Gasteiger partial charge in [0.1, 0.15) is 5.60 Å². The maximum Gasteiger partial charge on any atom is 0.128 e. The first kappa shape index (κ1) is 11.7. The fourth-order valence-corrected chi connectivity index (χ4v) is 1.94. The lowest BCUT2D eigenvalue weighted by Crippen LogP contribution is -2.43. The van der Waals surface area contributed by atoms with Crippen LogP contribution in [-0.2, 0) is 4.89 Å². The number of hydrogen-bond acceptors (Lipinski definition) is 2. The van der Waals surface area contributed by atoms with Gasteiger partial charge in [0.2, 0.25) is 0 Å². The topological polar surface area (TPSA) is 29.5 Å². The molecule has 0 aliphatic rings. The molecule has 0 aliphatic heterocycles. The van der Waals surface area contributed by atoms with Gasteiger partial charge in [0.05, 0.1) is 0 Å². The molecule has 0 aliphatic carbocycles. The van der Waals surface area contributed by atoms with Crippen LogP contribution in [0.5, 0.6) is 0 Å². The second-order valence-electron chi connectivity index (χ2n) is 3.97. The van der Waals surface area contributed by atoms with Crippen molar-refractivity contribution in [2.45, 2.75) is 40.2 Å². The molecule has 1 N–H and O–H groups in total. The van der Waals surface area contributed by atoms with Crippen molar-refractivity contribution in [2.75, 3.05) is 0 Å². The Kier molecular flexibility index (Phi) is 3.94. The lowest BCUT2D eigenvalue weighted by atomic mass is 9.76. The summed E-state index contributed by atoms with van der Waals surface area (Å²) in [7, 11) is 0. The molecule has 0 radical (unpaired) electrons. The zero-order valence-electron chi connectivity index (χ0n) is 8.72. The normalized spacial score (nSPS) is 12.7. The molecule has 0 unspecified atom stereocenters. The van der Waals surface area contributed by atoms with Gasteiger partial charge < -0.3 is 0 Å². The van der Waals surface area contributed by atoms with Gasteiger partial charge in [0, 0.05) is 0 Å². The molecule has 0 saturated heterocycles. The summed E-state index contributed by atoms with van der Waals surface area (Å²) in [6.45, 7) is 13.8. The van der Waals surface area contributed by atoms with Crippen LogP contribution in [0.1, 0.15) is 34.6 Å². The summed E-state index contributed by atoms with van der Waals surface area (Å²) in [4.78, 5) is 4.62. The van der Waals surface area contributed by atoms with Gasteiger partial charge in [0.15, 0.2) is 0 Å². The van der Waals surface area contributed by atoms with Crippen LogP contribution in [0.15, 0.2) is 12.2 Å². The van der Waals surface area contributed by atoms with Crippen LogP contribution in [0.3, 0.4) is 0 Å². The highest BCUT2D eigenvalue weighted by Gasteiger charge is 2.39. The van der Waals surface area contributed by atoms with Crippen molar-refractivity contribution < 1.29 is 10.1 Å². The van der Waals surface area contributed by atoms with Gasteiger partial charge in [0.25, 0.3) is 0 Å². The van der Waals surface area contributed by atoms with Gasteiger partial charge in [-0.25, -0.2) is 4.89 Å². The maximum absolute atomic E-state index is 8.93. The Morgan fingerprint density at radius 1 is 1.25 bits per heavy atom. The zero-order valence-corrected chi connectivity index (χ0v) is 8.72. The van der Waals surface area contributed by atoms with Crippen molar-refractivity contribution in [3.63, 3.8) is 0 Å². The Balaban J connectivity index is 4.90. The molecule has 0 heterocycles. The molecule has 0 aromatic heterocycles. The van der Waals surface area contributed by atoms with Gasteiger partial charge in [-0.2, -0.15) is 0 Å². The van der Waals surface area contributed by atoms with E-state index in [2.05, 4.69) is 11.5 Å². The second-order valence-corrected chi connectivity index (χ2v) is 3.97. The quantitative estimate of drug-likeness (QED) is 0.401. The molecule has 0 aromatic carbocycles. The minimum Gasteiger partial charge on any atom is -0.251 e. The summed E-state index contributed by atoms with van der Waals surface area (Å²) >= 11 is 0. The van der Waals surface area contributed by atoms with E-state index in [1.54, 1.807) is 0 Å². The summed E-state index contributed by atoms with van der Waals surface area (Å²) in [6.07, 6.45) is 0. The van der Waals surface area contributed by atoms with E-state index in [0.717, 1.165) is 5.57 Å². The fourth-order valence-electron chi connectivity index (χ4n) is 1.94. The highest BCUT2D eigenvalue weighted by Crippen LogP contribution is 2.35. The second kappa shape index (κ2) is 4.06. The van der Waals surface area contributed by atoms with Crippen LogP contribution >= 0.6 is 0 Å². The predicted octanol–water partition coefficient (Wildman–Crippen LogP) is 3.10. The molecule has 2 heteroatoms. The van der Waals surface area contributed by atoms with Crippen LogP contribution in [0, 0.1) is 11.8 Å². The third-order valence-corrected chi connectivity index (χ3v) is 2.53. The van der Waals surface area contributed by atoms with Crippen molar-refractivity contribution in [3.8, 4) is 0 Å². The summed E-state index contributed by atoms with van der Waals surface area (Å²) in [5.74, 6) is 0.444. The highest BCUT2D eigenvalue weighted by atomic mass is 17.1. The molecular formula is C10H20O2. The molecule has 72 valence electrons. The molecule has 0 atom stereocenters. The molecule has 0 bridgehead atoms. The molecule has 0 fully saturated rings. The molecule has 0 rings (SSSR count). The monoisotopic (exact) mass is 172 g/mol. The number of hydrogen-bond donors (Lipinski definition) is 1. The van der Waals surface area contributed by atoms with E-state index >= 15 is 0 Å². The molecule has 2 nitrogen and oxygen atoms in total. The molecule has 0 saturated carbocycles. The molecular weight excluding hydrogens is 152 g/mol. The third-order valence-electron chi connectivity index (χ3n) is 2.53. The van der Waals surface area contributed by atoms with E-state index in [-0.39, 0.29) is 11.8 Å². The molecule has 12 heavy (non-hydrogen) atoms. The minimum absolute atomic E-state index is 0.222. The smallest absolute Gasteiger partial charge is 0.128 e. The average molecular weight is 172 g/mol. The van der Waals surface area contributed by atoms with Crippen LogP contribution < -0.4 is 0 Å². The molecule has 0 amide bonds. The van der Waals surface area contributed by atoms with Gasteiger partial charge in [-0.15, -0.1) is 0 Å². The molecule has 0 aromatic rings. The van der Waals surface area contributed by atoms with E-state index in [0.29, 0.717) is 0 Å². The Labute approximate surface area is 75.2 Å². The van der Waals surface area contributed by atoms with E-state index in [1.807, 2.05) is 34.6 Å². The SMILES string of the molecule is C=C(C)C(OO)(C(C)C)C(C)C. The van der Waals surface area contributed by atoms with E-state index in [4.69, 9.17) is 5.26 Å². The third kappa shape index (κ3) is 1.70. The van der Waals surface area contributed by atoms with Crippen molar-refractivity contribution in [1.29, 1.82) is 0 Å². The van der Waals surface area contributed by atoms with E-state index in [9.17, 15) is 0 Å². The first-order valence-corrected chi connectivity index (χ1v) is 4.38. The molecule has 0 spiro atoms. The van der Waals surface area contributed by atoms with E-state index < -0.39 is 5.60 Å². The summed E-state index contributed by atoms with van der Waals surface area (Å²) < 4.78 is 0. The van der Waals surface area contributed by atoms with Gasteiger partial charge >= 0.3 is 0 Å². The van der Waals surface area contributed by atoms with Gasteiger partial charge in [-0.3, -0.25) is 5.26 Å². The first-order chi connectivity index (χ1) is 5.39. The van der Waals surface area contributed by atoms with Crippen LogP contribution in [0.4, 0.5) is 0 Å². The Morgan fingerprint density at radius 2 is 1.58 bits per heavy atom. The lowest BCUT2D eigenvalue weighted by Gasteiger charge is -2.38. The number of rotatable bonds is 4. The van der Waals surface area contributed by atoms with Crippen molar-refractivity contribution in [3.05, 3.63) is 12.2 Å². The van der Waals surface area contributed by atoms with Crippen LogP contribution in [0.2, 0.25) is 0 Å². The van der Waals surface area contributed by atoms with Crippen LogP contribution in [0.25, 0.3) is 0 Å². The van der Waals surface area contributed by atoms with Crippen LogP contribution in [-0.4, -0.2) is 10.9 Å². The lowest BCUT2D eigenvalue weighted by molar-refractivity contribution is -0.334. The predicted molar refractivity (Wildman–Crippen MR) is 50.9 cm³/mol. The maximum atomic E-state index is 8.93. The minimum atomic E-state index is -0.597. The highest BCUT2D eigenvalue weighted by molar-refractivity contribution is 5.13. The van der Waals surface area contributed by atoms with Crippen molar-refractivity contribution in [2.24, 2.45) is 11.8 Å². The van der Waals surface area contributed by atoms with Gasteiger partial charge in [-0.05, 0) is 24.3 Å². The first-order valence-electron chi connectivity index (χ1n) is 4.38. The average Bonchev–Trinajstić information content (AvgIpc) is 1.86. The summed E-state index contributed by atoms with van der Waals surface area (Å²) in [5.41, 5.74) is 0.273. The van der Waals surface area contributed by atoms with Gasteiger partial charge in [-0.1, -0.05) is 34.3 Å². The van der Waals surface area contributed by atoms with Crippen molar-refractivity contribution >= 4 is 0 Å². The Morgan fingerprint density at radius 3 is 1.58 bits per heavy atom. The van der Waals surface area contributed by atoms with Crippen molar-refractivity contribution in [1.82, 2.24) is 0 Å². The largest absolute Gasteiger partial charge is 0.251 e. The Hall–Kier alpha value is -0.340. The summed E-state index contributed by atoms with van der Waals surface area (Å²) in [5, 5.41) is 8.93. The fraction of sp³-hybridized carbons (Fsp3) is 0.800. The Bertz CT molecular complexity index is 151. The van der Waals surface area contributed by atoms with E-state index in [1.165, 1.54) is 0 Å².